The third-order valence-electron chi connectivity index (χ3n) is 2.39. The van der Waals surface area contributed by atoms with Gasteiger partial charge in [0.1, 0.15) is 0 Å². The molecular weight excluding hydrogens is 170 g/mol. The summed E-state index contributed by atoms with van der Waals surface area (Å²) in [6.45, 7) is 2.00. The fraction of sp³-hybridized carbons (Fsp3) is 0.444. The van der Waals surface area contributed by atoms with Gasteiger partial charge in [-0.15, -0.1) is 11.3 Å². The average Bonchev–Trinajstić information content (AvgIpc) is 2.32. The standard InChI is InChI=1S/C9H11NOS/c1-5-6-3-2-4-7(11)8(6)12-9(5)10/h2-4,10H2,1H3. The van der Waals surface area contributed by atoms with Crippen molar-refractivity contribution in [2.24, 2.45) is 0 Å². The smallest absolute Gasteiger partial charge is 0.173 e. The minimum Gasteiger partial charge on any atom is -0.390 e. The van der Waals surface area contributed by atoms with Crippen molar-refractivity contribution in [1.29, 1.82) is 0 Å². The number of thiophene rings is 1. The Bertz CT molecular complexity index is 341. The molecular formula is C9H11NOS. The average molecular weight is 181 g/mol. The van der Waals surface area contributed by atoms with E-state index in [0.29, 0.717) is 6.42 Å². The number of Topliss-reactive ketones (excluding diaryl/α,β-unsaturated/α-hetero) is 1. The molecule has 0 aliphatic heterocycles. The quantitative estimate of drug-likeness (QED) is 0.666. The first kappa shape index (κ1) is 7.80. The third kappa shape index (κ3) is 0.966. The Morgan fingerprint density at radius 1 is 1.42 bits per heavy atom. The molecule has 12 heavy (non-hydrogen) atoms. The summed E-state index contributed by atoms with van der Waals surface area (Å²) in [5.41, 5.74) is 8.08. The zero-order valence-electron chi connectivity index (χ0n) is 7.02. The molecule has 0 radical (unpaired) electrons. The molecule has 1 aromatic heterocycles. The van der Waals surface area contributed by atoms with Crippen molar-refractivity contribution in [3.63, 3.8) is 0 Å². The summed E-state index contributed by atoms with van der Waals surface area (Å²) < 4.78 is 0. The topological polar surface area (TPSA) is 43.1 Å². The van der Waals surface area contributed by atoms with Crippen molar-refractivity contribution >= 4 is 22.1 Å². The molecule has 64 valence electrons. The number of ketones is 1. The highest BCUT2D eigenvalue weighted by molar-refractivity contribution is 7.18. The largest absolute Gasteiger partial charge is 0.390 e. The van der Waals surface area contributed by atoms with E-state index in [1.807, 2.05) is 6.92 Å². The maximum absolute atomic E-state index is 11.4. The van der Waals surface area contributed by atoms with Crippen molar-refractivity contribution in [3.8, 4) is 0 Å². The molecule has 2 nitrogen and oxygen atoms in total. The van der Waals surface area contributed by atoms with Crippen LogP contribution in [0.1, 0.15) is 33.6 Å². The Kier molecular flexibility index (Phi) is 1.68. The number of anilines is 1. The van der Waals surface area contributed by atoms with Crippen LogP contribution in [0.25, 0.3) is 0 Å². The first-order valence-electron chi connectivity index (χ1n) is 4.11. The normalized spacial score (nSPS) is 16.2. The number of carbonyl (C=O) groups is 1. The highest BCUT2D eigenvalue weighted by Gasteiger charge is 2.22. The van der Waals surface area contributed by atoms with Gasteiger partial charge in [-0.25, -0.2) is 0 Å². The van der Waals surface area contributed by atoms with Crippen molar-refractivity contribution in [2.75, 3.05) is 5.73 Å². The fourth-order valence-electron chi connectivity index (χ4n) is 1.63. The van der Waals surface area contributed by atoms with Gasteiger partial charge in [-0.05, 0) is 30.9 Å². The van der Waals surface area contributed by atoms with Gasteiger partial charge in [0.05, 0.1) is 9.88 Å². The summed E-state index contributed by atoms with van der Waals surface area (Å²) in [4.78, 5) is 12.3. The molecule has 0 amide bonds. The molecule has 2 rings (SSSR count). The van der Waals surface area contributed by atoms with Gasteiger partial charge in [-0.3, -0.25) is 4.79 Å². The first-order valence-corrected chi connectivity index (χ1v) is 4.92. The summed E-state index contributed by atoms with van der Waals surface area (Å²) in [6, 6.07) is 0. The second-order valence-corrected chi connectivity index (χ2v) is 4.23. The number of nitrogen functional groups attached to an aromatic ring is 1. The van der Waals surface area contributed by atoms with Gasteiger partial charge in [0.25, 0.3) is 0 Å². The number of rotatable bonds is 0. The van der Waals surface area contributed by atoms with Crippen LogP contribution in [0.15, 0.2) is 0 Å². The van der Waals surface area contributed by atoms with Gasteiger partial charge >= 0.3 is 0 Å². The van der Waals surface area contributed by atoms with Crippen LogP contribution in [0.4, 0.5) is 5.00 Å². The van der Waals surface area contributed by atoms with Crippen LogP contribution in [-0.2, 0) is 6.42 Å². The number of nitrogens with two attached hydrogens (primary N) is 1. The van der Waals surface area contributed by atoms with Gasteiger partial charge in [0.2, 0.25) is 0 Å². The molecule has 1 aromatic rings. The van der Waals surface area contributed by atoms with Gasteiger partial charge in [0.15, 0.2) is 5.78 Å². The van der Waals surface area contributed by atoms with E-state index in [1.165, 1.54) is 16.9 Å². The lowest BCUT2D eigenvalue weighted by Crippen LogP contribution is -2.07. The molecule has 0 fully saturated rings. The van der Waals surface area contributed by atoms with E-state index in [1.54, 1.807) is 0 Å². The Balaban J connectivity index is 2.60. The Morgan fingerprint density at radius 3 is 2.83 bits per heavy atom. The predicted molar refractivity (Wildman–Crippen MR) is 50.7 cm³/mol. The lowest BCUT2D eigenvalue weighted by Gasteiger charge is -2.09. The Labute approximate surface area is 75.4 Å². The van der Waals surface area contributed by atoms with Crippen LogP contribution in [0.5, 0.6) is 0 Å². The van der Waals surface area contributed by atoms with Crippen LogP contribution < -0.4 is 5.73 Å². The second-order valence-electron chi connectivity index (χ2n) is 3.18. The monoisotopic (exact) mass is 181 g/mol. The molecule has 0 atom stereocenters. The van der Waals surface area contributed by atoms with E-state index < -0.39 is 0 Å². The second kappa shape index (κ2) is 2.59. The summed E-state index contributed by atoms with van der Waals surface area (Å²) >= 11 is 1.45. The van der Waals surface area contributed by atoms with E-state index >= 15 is 0 Å². The summed E-state index contributed by atoms with van der Waals surface area (Å²) in [7, 11) is 0. The van der Waals surface area contributed by atoms with Gasteiger partial charge in [-0.1, -0.05) is 0 Å². The van der Waals surface area contributed by atoms with Crippen molar-refractivity contribution in [2.45, 2.75) is 26.2 Å². The molecule has 3 heteroatoms. The van der Waals surface area contributed by atoms with E-state index in [0.717, 1.165) is 28.3 Å². The SMILES string of the molecule is Cc1c(N)sc2c1CCCC2=O. The van der Waals surface area contributed by atoms with Crippen LogP contribution in [0.2, 0.25) is 0 Å². The molecule has 0 unspecified atom stereocenters. The van der Waals surface area contributed by atoms with E-state index in [2.05, 4.69) is 0 Å². The van der Waals surface area contributed by atoms with E-state index in [9.17, 15) is 4.79 Å². The van der Waals surface area contributed by atoms with Crippen LogP contribution in [0.3, 0.4) is 0 Å². The van der Waals surface area contributed by atoms with Crippen molar-refractivity contribution in [1.82, 2.24) is 0 Å². The Morgan fingerprint density at radius 2 is 2.17 bits per heavy atom. The molecule has 0 saturated carbocycles. The highest BCUT2D eigenvalue weighted by atomic mass is 32.1. The zero-order valence-corrected chi connectivity index (χ0v) is 7.83. The first-order chi connectivity index (χ1) is 5.70. The molecule has 1 aliphatic rings. The van der Waals surface area contributed by atoms with Gasteiger partial charge in [0, 0.05) is 6.42 Å². The van der Waals surface area contributed by atoms with Crippen molar-refractivity contribution in [3.05, 3.63) is 16.0 Å². The molecule has 1 aliphatic carbocycles. The summed E-state index contributed by atoms with van der Waals surface area (Å²) in [5, 5.41) is 0.815. The lowest BCUT2D eigenvalue weighted by molar-refractivity contribution is 0.0977. The fourth-order valence-corrected chi connectivity index (χ4v) is 2.72. The van der Waals surface area contributed by atoms with Crippen LogP contribution in [0, 0.1) is 6.92 Å². The number of carbonyl (C=O) groups excluding carboxylic acids is 1. The maximum atomic E-state index is 11.4. The lowest BCUT2D eigenvalue weighted by atomic mass is 9.95. The zero-order chi connectivity index (χ0) is 8.72. The summed E-state index contributed by atoms with van der Waals surface area (Å²) in [6.07, 6.45) is 2.72. The molecule has 0 spiro atoms. The van der Waals surface area contributed by atoms with Gasteiger partial charge < -0.3 is 5.73 Å². The maximum Gasteiger partial charge on any atom is 0.173 e. The number of fused-ring (bicyclic) bond motifs is 1. The third-order valence-corrected chi connectivity index (χ3v) is 3.60. The van der Waals surface area contributed by atoms with Crippen LogP contribution >= 0.6 is 11.3 Å². The van der Waals surface area contributed by atoms with Gasteiger partial charge in [-0.2, -0.15) is 0 Å². The molecule has 1 heterocycles. The molecule has 0 aromatic carbocycles. The van der Waals surface area contributed by atoms with E-state index in [-0.39, 0.29) is 5.78 Å². The van der Waals surface area contributed by atoms with E-state index in [4.69, 9.17) is 5.73 Å². The minimum atomic E-state index is 0.279. The molecule has 0 saturated heterocycles. The minimum absolute atomic E-state index is 0.279. The number of hydrogen-bond acceptors (Lipinski definition) is 3. The molecule has 0 bridgehead atoms. The number of hydrogen-bond donors (Lipinski definition) is 1. The highest BCUT2D eigenvalue weighted by Crippen LogP contribution is 2.35. The predicted octanol–water partition coefficient (Wildman–Crippen LogP) is 2.16. The molecule has 2 N–H and O–H groups in total. The Hall–Kier alpha value is -0.830. The van der Waals surface area contributed by atoms with Crippen LogP contribution in [-0.4, -0.2) is 5.78 Å². The van der Waals surface area contributed by atoms with Crippen molar-refractivity contribution < 1.29 is 4.79 Å². The summed E-state index contributed by atoms with van der Waals surface area (Å²) in [5.74, 6) is 0.279.